The second-order valence-electron chi connectivity index (χ2n) is 10.8. The molecule has 0 saturated carbocycles. The Balaban J connectivity index is 1.69. The number of carbonyl (C=O) groups is 3. The number of ether oxygens (including phenoxy) is 7. The van der Waals surface area contributed by atoms with Gasteiger partial charge in [0.05, 0.1) is 19.8 Å². The number of hydrogen-bond donors (Lipinski definition) is 1. The van der Waals surface area contributed by atoms with Gasteiger partial charge in [0.2, 0.25) is 24.1 Å². The second-order valence-corrected chi connectivity index (χ2v) is 10.8. The van der Waals surface area contributed by atoms with Gasteiger partial charge in [0.25, 0.3) is 0 Å². The molecule has 1 spiro atoms. The van der Waals surface area contributed by atoms with Crippen LogP contribution in [0.15, 0.2) is 59.6 Å². The van der Waals surface area contributed by atoms with Crippen molar-refractivity contribution in [3.05, 3.63) is 76.3 Å². The summed E-state index contributed by atoms with van der Waals surface area (Å²) in [5, 5.41) is 12.3. The first kappa shape index (κ1) is 27.6. The maximum absolute atomic E-state index is 13.5. The van der Waals surface area contributed by atoms with Crippen molar-refractivity contribution in [1.82, 2.24) is 0 Å². The third kappa shape index (κ3) is 3.79. The summed E-state index contributed by atoms with van der Waals surface area (Å²) in [5.74, 6) is -1.79. The Labute approximate surface area is 241 Å². The second kappa shape index (κ2) is 9.80. The third-order valence-electron chi connectivity index (χ3n) is 8.54. The number of fused-ring (bicyclic) bond motifs is 2. The van der Waals surface area contributed by atoms with Crippen LogP contribution in [0.2, 0.25) is 0 Å². The van der Waals surface area contributed by atoms with E-state index in [0.29, 0.717) is 33.9 Å². The number of methoxy groups -OCH3 is 2. The van der Waals surface area contributed by atoms with Crippen molar-refractivity contribution in [1.29, 1.82) is 0 Å². The van der Waals surface area contributed by atoms with Gasteiger partial charge in [-0.15, -0.1) is 0 Å². The number of ketones is 1. The number of benzene rings is 2. The highest BCUT2D eigenvalue weighted by atomic mass is 16.7. The van der Waals surface area contributed by atoms with Crippen LogP contribution in [-0.2, 0) is 34.0 Å². The van der Waals surface area contributed by atoms with Crippen LogP contribution in [-0.4, -0.2) is 62.2 Å². The van der Waals surface area contributed by atoms with Crippen molar-refractivity contribution >= 4 is 17.7 Å². The van der Waals surface area contributed by atoms with Gasteiger partial charge in [0.1, 0.15) is 23.7 Å². The Morgan fingerprint density at radius 3 is 2.43 bits per heavy atom. The van der Waals surface area contributed by atoms with E-state index < -0.39 is 46.9 Å². The fourth-order valence-electron chi connectivity index (χ4n) is 6.42. The van der Waals surface area contributed by atoms with E-state index in [-0.39, 0.29) is 30.5 Å². The quantitative estimate of drug-likeness (QED) is 0.524. The van der Waals surface area contributed by atoms with Gasteiger partial charge in [-0.25, -0.2) is 4.79 Å². The smallest absolute Gasteiger partial charge is 0.338 e. The topological polar surface area (TPSA) is 136 Å². The lowest BCUT2D eigenvalue weighted by atomic mass is 9.60. The van der Waals surface area contributed by atoms with Gasteiger partial charge < -0.3 is 38.3 Å². The lowest BCUT2D eigenvalue weighted by Gasteiger charge is -2.49. The third-order valence-corrected chi connectivity index (χ3v) is 8.54. The summed E-state index contributed by atoms with van der Waals surface area (Å²) in [4.78, 5) is 39.4. The molecule has 0 radical (unpaired) electrons. The molecule has 0 fully saturated rings. The molecule has 2 aromatic carbocycles. The number of esters is 2. The van der Waals surface area contributed by atoms with Crippen LogP contribution >= 0.6 is 0 Å². The monoisotopic (exact) mass is 578 g/mol. The molecule has 2 aromatic rings. The van der Waals surface area contributed by atoms with Crippen molar-refractivity contribution in [3.63, 3.8) is 0 Å². The van der Waals surface area contributed by atoms with Crippen molar-refractivity contribution in [2.45, 2.75) is 44.0 Å². The van der Waals surface area contributed by atoms with Crippen molar-refractivity contribution < 1.29 is 52.6 Å². The lowest BCUT2D eigenvalue weighted by Crippen LogP contribution is -2.57. The Bertz CT molecular complexity index is 1550. The zero-order valence-corrected chi connectivity index (χ0v) is 23.7. The Hall–Kier alpha value is -4.51. The molecule has 0 unspecified atom stereocenters. The van der Waals surface area contributed by atoms with Crippen LogP contribution in [0.5, 0.6) is 17.2 Å². The molecular formula is C31H30O11. The van der Waals surface area contributed by atoms with Crippen LogP contribution < -0.4 is 14.2 Å². The Morgan fingerprint density at radius 1 is 1.02 bits per heavy atom. The van der Waals surface area contributed by atoms with Gasteiger partial charge in [-0.3, -0.25) is 9.59 Å². The molecule has 0 bridgehead atoms. The van der Waals surface area contributed by atoms with Gasteiger partial charge in [-0.1, -0.05) is 25.1 Å². The Morgan fingerprint density at radius 2 is 1.76 bits per heavy atom. The maximum atomic E-state index is 13.5. The van der Waals surface area contributed by atoms with Crippen LogP contribution in [0.25, 0.3) is 0 Å². The standard InChI is InChI=1S/C31H30O11/c1-15-23(42-29(34)17-9-7-6-8-10-17)18-11-21-25(40-14-39-21)26-22(18)31(13-38-26)19(27(30(15,3)35)41-16(2)32)12-20(33)24(36-4)28(31)37-5/h6-12,15,23,27,35H,13-14H2,1-5H3/t15-,23+,27-,30-,31-/m0/s1. The van der Waals surface area contributed by atoms with E-state index in [1.807, 2.05) is 0 Å². The molecular weight excluding hydrogens is 548 g/mol. The van der Waals surface area contributed by atoms with E-state index in [9.17, 15) is 19.5 Å². The average molecular weight is 579 g/mol. The maximum Gasteiger partial charge on any atom is 0.338 e. The molecule has 6 rings (SSSR count). The van der Waals surface area contributed by atoms with Crippen LogP contribution in [0.4, 0.5) is 0 Å². The summed E-state index contributed by atoms with van der Waals surface area (Å²) in [6, 6.07) is 10.1. The highest BCUT2D eigenvalue weighted by Crippen LogP contribution is 2.63. The summed E-state index contributed by atoms with van der Waals surface area (Å²) in [5.41, 5.74) is -1.90. The number of carbonyl (C=O) groups excluding carboxylic acids is 3. The molecule has 2 aliphatic heterocycles. The number of rotatable bonds is 5. The van der Waals surface area contributed by atoms with Crippen LogP contribution in [0.3, 0.4) is 0 Å². The van der Waals surface area contributed by atoms with E-state index in [1.54, 1.807) is 43.3 Å². The van der Waals surface area contributed by atoms with Gasteiger partial charge >= 0.3 is 11.9 Å². The van der Waals surface area contributed by atoms with Crippen molar-refractivity contribution in [2.24, 2.45) is 5.92 Å². The first-order valence-corrected chi connectivity index (χ1v) is 13.4. The molecule has 11 nitrogen and oxygen atoms in total. The normalized spacial score (nSPS) is 28.9. The SMILES string of the molecule is COC1=C(OC)[C@]23COc4c5c(cc(c42)[C@H](OC(=O)c2ccccc2)[C@H](C)[C@](C)(O)[C@@H](OC(C)=O)C3=CC1=O)OCO5. The minimum absolute atomic E-state index is 0.0725. The predicted molar refractivity (Wildman–Crippen MR) is 144 cm³/mol. The summed E-state index contributed by atoms with van der Waals surface area (Å²) < 4.78 is 41.2. The summed E-state index contributed by atoms with van der Waals surface area (Å²) in [6.07, 6.45) is -1.21. The zero-order valence-electron chi connectivity index (χ0n) is 23.7. The van der Waals surface area contributed by atoms with Crippen LogP contribution in [0.1, 0.15) is 48.4 Å². The molecule has 1 N–H and O–H groups in total. The fraction of sp³-hybridized carbons (Fsp3) is 0.387. The van der Waals surface area contributed by atoms with Gasteiger partial charge in [-0.05, 0) is 36.8 Å². The van der Waals surface area contributed by atoms with Crippen LogP contribution in [0, 0.1) is 5.92 Å². The zero-order chi connectivity index (χ0) is 30.0. The molecule has 2 aliphatic carbocycles. The van der Waals surface area contributed by atoms with E-state index in [1.165, 1.54) is 34.1 Å². The molecule has 220 valence electrons. The predicted octanol–water partition coefficient (Wildman–Crippen LogP) is 3.29. The number of aliphatic hydroxyl groups is 1. The molecule has 42 heavy (non-hydrogen) atoms. The van der Waals surface area contributed by atoms with E-state index in [2.05, 4.69) is 0 Å². The molecule has 5 atom stereocenters. The highest BCUT2D eigenvalue weighted by Gasteiger charge is 2.64. The first-order chi connectivity index (χ1) is 20.1. The lowest BCUT2D eigenvalue weighted by molar-refractivity contribution is -0.170. The number of allylic oxidation sites excluding steroid dienone is 1. The van der Waals surface area contributed by atoms with E-state index in [4.69, 9.17) is 33.2 Å². The Kier molecular flexibility index (Phi) is 6.45. The highest BCUT2D eigenvalue weighted by molar-refractivity contribution is 6.06. The van der Waals surface area contributed by atoms with E-state index in [0.717, 1.165) is 0 Å². The summed E-state index contributed by atoms with van der Waals surface area (Å²) in [7, 11) is 2.73. The van der Waals surface area contributed by atoms with Crippen molar-refractivity contribution in [2.75, 3.05) is 27.6 Å². The van der Waals surface area contributed by atoms with Gasteiger partial charge in [0.15, 0.2) is 23.4 Å². The number of hydrogen-bond acceptors (Lipinski definition) is 11. The minimum Gasteiger partial charge on any atom is -0.496 e. The molecule has 2 heterocycles. The summed E-state index contributed by atoms with van der Waals surface area (Å²) in [6.45, 7) is 4.16. The molecule has 0 amide bonds. The van der Waals surface area contributed by atoms with Gasteiger partial charge in [0, 0.05) is 24.0 Å². The largest absolute Gasteiger partial charge is 0.496 e. The fourth-order valence-corrected chi connectivity index (χ4v) is 6.42. The molecule has 0 aromatic heterocycles. The molecule has 11 heteroatoms. The van der Waals surface area contributed by atoms with Crippen molar-refractivity contribution in [3.8, 4) is 17.2 Å². The van der Waals surface area contributed by atoms with Gasteiger partial charge in [-0.2, -0.15) is 0 Å². The summed E-state index contributed by atoms with van der Waals surface area (Å²) >= 11 is 0. The average Bonchev–Trinajstić information content (AvgIpc) is 3.60. The molecule has 0 saturated heterocycles. The van der Waals surface area contributed by atoms with E-state index >= 15 is 0 Å². The molecule has 4 aliphatic rings. The minimum atomic E-state index is -1.88. The first-order valence-electron chi connectivity index (χ1n) is 13.4.